The van der Waals surface area contributed by atoms with E-state index in [0.29, 0.717) is 0 Å². The van der Waals surface area contributed by atoms with Crippen LogP contribution in [0.15, 0.2) is 140 Å². The van der Waals surface area contributed by atoms with E-state index in [1.165, 1.54) is 75.8 Å². The number of nitrogens with zero attached hydrogens (tertiary/aromatic N) is 1. The Kier molecular flexibility index (Phi) is 4.84. The van der Waals surface area contributed by atoms with Crippen LogP contribution in [-0.4, -0.2) is 4.98 Å². The highest BCUT2D eigenvalue weighted by Crippen LogP contribution is 2.50. The zero-order chi connectivity index (χ0) is 26.9. The molecule has 0 radical (unpaired) electrons. The summed E-state index contributed by atoms with van der Waals surface area (Å²) in [6.45, 7) is 0. The van der Waals surface area contributed by atoms with E-state index in [1.807, 2.05) is 23.6 Å². The van der Waals surface area contributed by atoms with Crippen molar-refractivity contribution in [3.63, 3.8) is 0 Å². The minimum atomic E-state index is 1.02. The van der Waals surface area contributed by atoms with Gasteiger partial charge < -0.3 is 0 Å². The zero-order valence-electron chi connectivity index (χ0n) is 22.1. The van der Waals surface area contributed by atoms with Crippen LogP contribution in [0.3, 0.4) is 0 Å². The van der Waals surface area contributed by atoms with Crippen LogP contribution in [0.5, 0.6) is 0 Å². The first kappa shape index (κ1) is 22.7. The maximum Gasteiger partial charge on any atom is 0.0708 e. The van der Waals surface area contributed by atoms with Crippen LogP contribution < -0.4 is 0 Å². The van der Waals surface area contributed by atoms with Crippen LogP contribution in [0.4, 0.5) is 0 Å². The van der Waals surface area contributed by atoms with Crippen molar-refractivity contribution in [2.45, 2.75) is 0 Å². The van der Waals surface area contributed by atoms with Gasteiger partial charge >= 0.3 is 0 Å². The van der Waals surface area contributed by atoms with E-state index >= 15 is 0 Å². The van der Waals surface area contributed by atoms with Crippen LogP contribution in [0, 0.1) is 0 Å². The summed E-state index contributed by atoms with van der Waals surface area (Å²) in [6.07, 6.45) is 1.89. The highest BCUT2D eigenvalue weighted by molar-refractivity contribution is 7.26. The number of fused-ring (bicyclic) bond motifs is 12. The first-order valence-electron chi connectivity index (χ1n) is 14.0. The smallest absolute Gasteiger partial charge is 0.0708 e. The normalized spacial score (nSPS) is 11.9. The Hall–Kier alpha value is -5.05. The minimum absolute atomic E-state index is 1.02. The van der Waals surface area contributed by atoms with Gasteiger partial charge in [0.25, 0.3) is 0 Å². The Bertz CT molecular complexity index is 2320. The Morgan fingerprint density at radius 3 is 1.83 bits per heavy atom. The summed E-state index contributed by atoms with van der Waals surface area (Å²) in [6, 6.07) is 49.0. The summed E-state index contributed by atoms with van der Waals surface area (Å²) < 4.78 is 2.67. The van der Waals surface area contributed by atoms with Gasteiger partial charge in [-0.3, -0.25) is 4.98 Å². The first-order valence-corrected chi connectivity index (χ1v) is 14.8. The van der Waals surface area contributed by atoms with Gasteiger partial charge in [-0.15, -0.1) is 11.3 Å². The second kappa shape index (κ2) is 8.72. The van der Waals surface area contributed by atoms with Crippen molar-refractivity contribution in [2.75, 3.05) is 0 Å². The lowest BCUT2D eigenvalue weighted by atomic mass is 9.79. The molecule has 0 saturated heterocycles. The zero-order valence-corrected chi connectivity index (χ0v) is 23.0. The van der Waals surface area contributed by atoms with Crippen LogP contribution >= 0.6 is 11.3 Å². The van der Waals surface area contributed by atoms with E-state index in [0.717, 1.165) is 10.9 Å². The topological polar surface area (TPSA) is 12.9 Å². The van der Waals surface area contributed by atoms with Gasteiger partial charge in [-0.05, 0) is 86.0 Å². The molecule has 0 N–H and O–H groups in total. The standard InChI is InChI=1S/C39H23NS/c1-2-12-29-27(10-1)28-11-3-4-13-30(28)36-23-37-25(9-8-20-40-37)22-35(36)34-21-24(18-19-31(29)34)26-15-7-16-33-32-14-5-6-17-38(32)41-39(26)33/h1-23H. The van der Waals surface area contributed by atoms with Gasteiger partial charge in [0, 0.05) is 31.8 Å². The van der Waals surface area contributed by atoms with E-state index in [9.17, 15) is 0 Å². The van der Waals surface area contributed by atoms with Gasteiger partial charge in [0.05, 0.1) is 5.52 Å². The van der Waals surface area contributed by atoms with Crippen LogP contribution in [-0.2, 0) is 0 Å². The number of pyridine rings is 1. The van der Waals surface area contributed by atoms with Crippen molar-refractivity contribution in [2.24, 2.45) is 0 Å². The molecule has 2 aromatic heterocycles. The van der Waals surface area contributed by atoms with Crippen molar-refractivity contribution < 1.29 is 0 Å². The monoisotopic (exact) mass is 537 g/mol. The Morgan fingerprint density at radius 2 is 1.02 bits per heavy atom. The maximum atomic E-state index is 4.74. The lowest BCUT2D eigenvalue weighted by Crippen LogP contribution is -1.98. The SMILES string of the molecule is c1ccc2c(c1)-c1ccccc1-c1cc3ncccc3cc1-c1cc(-c3cccc4c3sc3ccccc34)ccc1-2. The molecule has 0 bridgehead atoms. The Morgan fingerprint density at radius 1 is 0.415 bits per heavy atom. The summed E-state index contributed by atoms with van der Waals surface area (Å²) in [5, 5.41) is 3.81. The summed E-state index contributed by atoms with van der Waals surface area (Å²) in [5.41, 5.74) is 13.5. The number of hydrogen-bond donors (Lipinski definition) is 0. The maximum absolute atomic E-state index is 4.74. The molecule has 9 rings (SSSR count). The van der Waals surface area contributed by atoms with Crippen molar-refractivity contribution >= 4 is 42.4 Å². The van der Waals surface area contributed by atoms with E-state index < -0.39 is 0 Å². The largest absolute Gasteiger partial charge is 0.256 e. The molecular formula is C39H23NS. The second-order valence-corrected chi connectivity index (χ2v) is 11.8. The third-order valence-corrected chi connectivity index (χ3v) is 9.71. The Labute approximate surface area is 242 Å². The van der Waals surface area contributed by atoms with E-state index in [4.69, 9.17) is 4.98 Å². The van der Waals surface area contributed by atoms with Crippen LogP contribution in [0.2, 0.25) is 0 Å². The van der Waals surface area contributed by atoms with Crippen LogP contribution in [0.1, 0.15) is 0 Å². The van der Waals surface area contributed by atoms with Crippen LogP contribution in [0.25, 0.3) is 86.7 Å². The molecule has 1 aliphatic rings. The fourth-order valence-electron chi connectivity index (χ4n) is 6.62. The fraction of sp³-hybridized carbons (Fsp3) is 0. The molecule has 2 heteroatoms. The molecule has 8 aromatic rings. The summed E-state index contributed by atoms with van der Waals surface area (Å²) in [5.74, 6) is 0. The predicted octanol–water partition coefficient (Wildman–Crippen LogP) is 11.3. The quantitative estimate of drug-likeness (QED) is 0.203. The highest BCUT2D eigenvalue weighted by atomic mass is 32.1. The molecule has 0 amide bonds. The summed E-state index contributed by atoms with van der Waals surface area (Å²) in [7, 11) is 0. The van der Waals surface area contributed by atoms with Crippen molar-refractivity contribution in [3.8, 4) is 55.6 Å². The fourth-order valence-corrected chi connectivity index (χ4v) is 7.85. The Balaban J connectivity index is 1.40. The van der Waals surface area contributed by atoms with Gasteiger partial charge in [-0.1, -0.05) is 103 Å². The second-order valence-electron chi connectivity index (χ2n) is 10.7. The van der Waals surface area contributed by atoms with Gasteiger partial charge in [0.1, 0.15) is 0 Å². The minimum Gasteiger partial charge on any atom is -0.256 e. The van der Waals surface area contributed by atoms with Gasteiger partial charge in [-0.2, -0.15) is 0 Å². The highest BCUT2D eigenvalue weighted by Gasteiger charge is 2.23. The lowest BCUT2D eigenvalue weighted by molar-refractivity contribution is 1.41. The molecule has 0 unspecified atom stereocenters. The molecule has 0 fully saturated rings. The predicted molar refractivity (Wildman–Crippen MR) is 175 cm³/mol. The molecule has 41 heavy (non-hydrogen) atoms. The molecule has 190 valence electrons. The molecule has 2 heterocycles. The number of thiophene rings is 1. The average Bonchev–Trinajstić information content (AvgIpc) is 3.42. The van der Waals surface area contributed by atoms with Crippen molar-refractivity contribution in [1.82, 2.24) is 4.98 Å². The first-order chi connectivity index (χ1) is 20.3. The third kappa shape index (κ3) is 3.38. The average molecular weight is 538 g/mol. The molecule has 0 saturated carbocycles. The van der Waals surface area contributed by atoms with E-state index in [1.54, 1.807) is 0 Å². The summed E-state index contributed by atoms with van der Waals surface area (Å²) >= 11 is 1.89. The van der Waals surface area contributed by atoms with E-state index in [-0.39, 0.29) is 0 Å². The molecule has 0 atom stereocenters. The van der Waals surface area contributed by atoms with Gasteiger partial charge in [0.2, 0.25) is 0 Å². The molecule has 6 aromatic carbocycles. The number of rotatable bonds is 1. The van der Waals surface area contributed by atoms with Gasteiger partial charge in [0.15, 0.2) is 0 Å². The van der Waals surface area contributed by atoms with Gasteiger partial charge in [-0.25, -0.2) is 0 Å². The molecule has 1 nitrogen and oxygen atoms in total. The van der Waals surface area contributed by atoms with Crippen molar-refractivity contribution in [3.05, 3.63) is 140 Å². The number of benzene rings is 6. The number of hydrogen-bond acceptors (Lipinski definition) is 2. The lowest BCUT2D eigenvalue weighted by Gasteiger charge is -2.24. The van der Waals surface area contributed by atoms with E-state index in [2.05, 4.69) is 127 Å². The molecular weight excluding hydrogens is 515 g/mol. The van der Waals surface area contributed by atoms with Crippen molar-refractivity contribution in [1.29, 1.82) is 0 Å². The third-order valence-electron chi connectivity index (χ3n) is 8.49. The molecule has 0 spiro atoms. The molecule has 0 aliphatic heterocycles. The number of aromatic nitrogens is 1. The molecule has 1 aliphatic carbocycles. The summed E-state index contributed by atoms with van der Waals surface area (Å²) in [4.78, 5) is 4.74.